The summed E-state index contributed by atoms with van der Waals surface area (Å²) in [5.74, 6) is -0.652. The van der Waals surface area contributed by atoms with Crippen molar-refractivity contribution in [3.63, 3.8) is 0 Å². The smallest absolute Gasteiger partial charge is 0.196 e. The first kappa shape index (κ1) is 15.8. The Morgan fingerprint density at radius 3 is 1.96 bits per heavy atom. The van der Waals surface area contributed by atoms with Gasteiger partial charge in [0.15, 0.2) is 5.79 Å². The zero-order valence-corrected chi connectivity index (χ0v) is 14.7. The second-order valence-corrected chi connectivity index (χ2v) is 7.17. The highest BCUT2D eigenvalue weighted by Crippen LogP contribution is 2.54. The number of fused-ring (bicyclic) bond motifs is 2. The summed E-state index contributed by atoms with van der Waals surface area (Å²) in [6, 6.07) is 29.7. The number of benzene rings is 3. The average molecular weight is 342 g/mol. The molecule has 2 aliphatic heterocycles. The molecule has 130 valence electrons. The van der Waals surface area contributed by atoms with E-state index in [4.69, 9.17) is 9.47 Å². The second-order valence-electron chi connectivity index (χ2n) is 7.17. The predicted octanol–water partition coefficient (Wildman–Crippen LogP) is 5.17. The lowest BCUT2D eigenvalue weighted by Crippen LogP contribution is -2.38. The van der Waals surface area contributed by atoms with Crippen LogP contribution in [0.3, 0.4) is 0 Å². The van der Waals surface area contributed by atoms with Gasteiger partial charge in [0.05, 0.1) is 6.61 Å². The molecule has 1 atom stereocenters. The van der Waals surface area contributed by atoms with E-state index in [0.717, 1.165) is 19.3 Å². The predicted molar refractivity (Wildman–Crippen MR) is 102 cm³/mol. The molecule has 0 saturated carbocycles. The molecule has 0 N–H and O–H groups in total. The Labute approximate surface area is 154 Å². The molecule has 2 nitrogen and oxygen atoms in total. The molecule has 0 amide bonds. The first-order valence-electron chi connectivity index (χ1n) is 9.36. The van der Waals surface area contributed by atoms with E-state index in [1.165, 1.54) is 22.3 Å². The lowest BCUT2D eigenvalue weighted by atomic mass is 9.83. The zero-order chi connectivity index (χ0) is 17.5. The maximum Gasteiger partial charge on any atom is 0.196 e. The Morgan fingerprint density at radius 2 is 1.27 bits per heavy atom. The largest absolute Gasteiger partial charge is 0.345 e. The van der Waals surface area contributed by atoms with Gasteiger partial charge in [-0.1, -0.05) is 84.9 Å². The van der Waals surface area contributed by atoms with Crippen LogP contribution in [0.15, 0.2) is 84.9 Å². The molecule has 3 aromatic carbocycles. The molecule has 2 heteroatoms. The molecule has 2 aliphatic rings. The summed E-state index contributed by atoms with van der Waals surface area (Å²) < 4.78 is 13.3. The van der Waals surface area contributed by atoms with Crippen LogP contribution in [0.4, 0.5) is 0 Å². The van der Waals surface area contributed by atoms with Gasteiger partial charge in [-0.25, -0.2) is 0 Å². The molecule has 3 aromatic rings. The van der Waals surface area contributed by atoms with E-state index < -0.39 is 11.4 Å². The lowest BCUT2D eigenvalue weighted by molar-refractivity contribution is -0.261. The van der Waals surface area contributed by atoms with E-state index >= 15 is 0 Å². The molecule has 1 fully saturated rings. The van der Waals surface area contributed by atoms with Gasteiger partial charge in [0.25, 0.3) is 0 Å². The van der Waals surface area contributed by atoms with Gasteiger partial charge in [-0.3, -0.25) is 0 Å². The minimum absolute atomic E-state index is 0.479. The van der Waals surface area contributed by atoms with Crippen LogP contribution in [-0.2, 0) is 27.3 Å². The normalized spacial score (nSPS) is 23.7. The monoisotopic (exact) mass is 342 g/mol. The van der Waals surface area contributed by atoms with Crippen LogP contribution >= 0.6 is 0 Å². The van der Waals surface area contributed by atoms with Crippen molar-refractivity contribution in [2.75, 3.05) is 6.61 Å². The van der Waals surface area contributed by atoms with Crippen LogP contribution < -0.4 is 0 Å². The fourth-order valence-corrected chi connectivity index (χ4v) is 4.52. The van der Waals surface area contributed by atoms with Gasteiger partial charge in [-0.05, 0) is 29.5 Å². The van der Waals surface area contributed by atoms with Crippen molar-refractivity contribution in [2.24, 2.45) is 0 Å². The van der Waals surface area contributed by atoms with Crippen LogP contribution in [0, 0.1) is 0 Å². The Hall–Kier alpha value is -2.42. The zero-order valence-electron chi connectivity index (χ0n) is 14.7. The van der Waals surface area contributed by atoms with Crippen molar-refractivity contribution in [2.45, 2.75) is 30.7 Å². The summed E-state index contributed by atoms with van der Waals surface area (Å²) in [6.45, 7) is 0.705. The van der Waals surface area contributed by atoms with Crippen LogP contribution in [-0.4, -0.2) is 6.61 Å². The molecular formula is C24H22O2. The van der Waals surface area contributed by atoms with E-state index in [2.05, 4.69) is 84.9 Å². The minimum Gasteiger partial charge on any atom is -0.345 e. The quantitative estimate of drug-likeness (QED) is 0.640. The summed E-state index contributed by atoms with van der Waals surface area (Å²) in [7, 11) is 0. The van der Waals surface area contributed by atoms with E-state index in [9.17, 15) is 0 Å². The van der Waals surface area contributed by atoms with Crippen molar-refractivity contribution in [3.8, 4) is 0 Å². The van der Waals surface area contributed by atoms with E-state index in [1.54, 1.807) is 0 Å². The first-order chi connectivity index (χ1) is 12.8. The van der Waals surface area contributed by atoms with E-state index in [1.807, 2.05) is 0 Å². The van der Waals surface area contributed by atoms with Gasteiger partial charge in [0.2, 0.25) is 0 Å². The van der Waals surface area contributed by atoms with Gasteiger partial charge in [-0.2, -0.15) is 0 Å². The Morgan fingerprint density at radius 1 is 0.654 bits per heavy atom. The molecule has 0 bridgehead atoms. The molecule has 0 aliphatic carbocycles. The number of rotatable bonds is 2. The third kappa shape index (κ3) is 2.33. The Balaban J connectivity index is 1.66. The fraction of sp³-hybridized carbons (Fsp3) is 0.250. The molecule has 26 heavy (non-hydrogen) atoms. The summed E-state index contributed by atoms with van der Waals surface area (Å²) >= 11 is 0. The Bertz CT molecular complexity index is 864. The van der Waals surface area contributed by atoms with E-state index in [-0.39, 0.29) is 0 Å². The molecular weight excluding hydrogens is 320 g/mol. The molecule has 0 aromatic heterocycles. The topological polar surface area (TPSA) is 18.5 Å². The highest BCUT2D eigenvalue weighted by atomic mass is 16.7. The second kappa shape index (κ2) is 6.08. The van der Waals surface area contributed by atoms with Crippen molar-refractivity contribution in [1.29, 1.82) is 0 Å². The summed E-state index contributed by atoms with van der Waals surface area (Å²) in [4.78, 5) is 0. The summed E-state index contributed by atoms with van der Waals surface area (Å²) in [5.41, 5.74) is 4.44. The van der Waals surface area contributed by atoms with Gasteiger partial charge in [-0.15, -0.1) is 0 Å². The Kier molecular flexibility index (Phi) is 3.70. The van der Waals surface area contributed by atoms with Gasteiger partial charge >= 0.3 is 0 Å². The highest BCUT2D eigenvalue weighted by Gasteiger charge is 2.54. The van der Waals surface area contributed by atoms with Crippen LogP contribution in [0.5, 0.6) is 0 Å². The summed E-state index contributed by atoms with van der Waals surface area (Å²) in [5, 5.41) is 0. The molecule has 2 heterocycles. The molecule has 0 radical (unpaired) electrons. The molecule has 5 rings (SSSR count). The average Bonchev–Trinajstić information content (AvgIpc) is 3.11. The van der Waals surface area contributed by atoms with Crippen LogP contribution in [0.1, 0.15) is 35.1 Å². The van der Waals surface area contributed by atoms with Gasteiger partial charge < -0.3 is 9.47 Å². The lowest BCUT2D eigenvalue weighted by Gasteiger charge is -2.39. The fourth-order valence-electron chi connectivity index (χ4n) is 4.52. The maximum absolute atomic E-state index is 6.95. The van der Waals surface area contributed by atoms with Crippen molar-refractivity contribution >= 4 is 0 Å². The van der Waals surface area contributed by atoms with Gasteiger partial charge in [0, 0.05) is 12.0 Å². The number of hydrogen-bond acceptors (Lipinski definition) is 2. The number of ether oxygens (including phenoxy) is 2. The van der Waals surface area contributed by atoms with Crippen LogP contribution in [0.25, 0.3) is 0 Å². The SMILES string of the molecule is c1ccc(C2(c3ccccc3)CCC3(OCCc4ccccc43)O2)cc1. The first-order valence-corrected chi connectivity index (χ1v) is 9.36. The molecule has 1 saturated heterocycles. The third-order valence-corrected chi connectivity index (χ3v) is 5.76. The summed E-state index contributed by atoms with van der Waals surface area (Å²) in [6.07, 6.45) is 2.70. The van der Waals surface area contributed by atoms with Crippen molar-refractivity contribution < 1.29 is 9.47 Å². The van der Waals surface area contributed by atoms with Gasteiger partial charge in [0.1, 0.15) is 5.60 Å². The van der Waals surface area contributed by atoms with Crippen molar-refractivity contribution in [1.82, 2.24) is 0 Å². The maximum atomic E-state index is 6.95. The molecule has 1 spiro atoms. The highest BCUT2D eigenvalue weighted by molar-refractivity contribution is 5.41. The third-order valence-electron chi connectivity index (χ3n) is 5.76. The standard InChI is InChI=1S/C24H22O2/c1-3-10-20(11-4-1)23(21-12-5-2-6-13-21)16-17-24(26-23)22-14-8-7-9-19(22)15-18-25-24/h1-14H,15-18H2. The minimum atomic E-state index is -0.652. The molecule has 1 unspecified atom stereocenters. The van der Waals surface area contributed by atoms with Crippen LogP contribution in [0.2, 0.25) is 0 Å². The number of hydrogen-bond donors (Lipinski definition) is 0. The van der Waals surface area contributed by atoms with E-state index in [0.29, 0.717) is 6.61 Å². The van der Waals surface area contributed by atoms with Crippen molar-refractivity contribution in [3.05, 3.63) is 107 Å².